The van der Waals surface area contributed by atoms with Crippen LogP contribution in [0.5, 0.6) is 0 Å². The van der Waals surface area contributed by atoms with Gasteiger partial charge in [0.2, 0.25) is 0 Å². The van der Waals surface area contributed by atoms with Crippen molar-refractivity contribution in [1.29, 1.82) is 0 Å². The molecule has 0 aromatic rings. The van der Waals surface area contributed by atoms with Gasteiger partial charge < -0.3 is 15.3 Å². The van der Waals surface area contributed by atoms with E-state index < -0.39 is 11.9 Å². The summed E-state index contributed by atoms with van der Waals surface area (Å²) in [5, 5.41) is 23.4. The van der Waals surface area contributed by atoms with Crippen LogP contribution in [0.3, 0.4) is 0 Å². The molecule has 0 saturated heterocycles. The van der Waals surface area contributed by atoms with Gasteiger partial charge in [0.05, 0.1) is 0 Å². The number of carboxylic acid groups (broad SMARTS) is 2. The minimum absolute atomic E-state index is 0.355. The Labute approximate surface area is 95.7 Å². The van der Waals surface area contributed by atoms with Gasteiger partial charge in [0, 0.05) is 18.8 Å². The molecule has 0 radical (unpaired) electrons. The summed E-state index contributed by atoms with van der Waals surface area (Å²) in [6.07, 6.45) is 4.99. The summed E-state index contributed by atoms with van der Waals surface area (Å²) in [6, 6.07) is 0. The summed E-state index contributed by atoms with van der Waals surface area (Å²) in [5.41, 5.74) is 0. The maximum Gasteiger partial charge on any atom is 0.327 e. The van der Waals surface area contributed by atoms with Gasteiger partial charge in [-0.2, -0.15) is 0 Å². The summed E-state index contributed by atoms with van der Waals surface area (Å²) >= 11 is 0. The van der Waals surface area contributed by atoms with Crippen molar-refractivity contribution in [2.24, 2.45) is 0 Å². The zero-order chi connectivity index (χ0) is 13.4. The predicted octanol–water partition coefficient (Wildman–Crippen LogP) is 1.68. The van der Waals surface area contributed by atoms with Crippen molar-refractivity contribution in [2.75, 3.05) is 6.61 Å². The fourth-order valence-corrected chi connectivity index (χ4v) is 0.362. The highest BCUT2D eigenvalue weighted by molar-refractivity contribution is 5.79. The van der Waals surface area contributed by atoms with Crippen LogP contribution in [0.2, 0.25) is 0 Å². The molecule has 0 spiro atoms. The number of carbonyl (C=O) groups is 2. The number of rotatable bonds is 5. The highest BCUT2D eigenvalue weighted by atomic mass is 16.4. The molecule has 5 heteroatoms. The SMILES string of the molecule is C=CC(=O)O.C=CC(=O)O.CCCCCO. The van der Waals surface area contributed by atoms with Crippen LogP contribution in [-0.2, 0) is 9.59 Å². The molecule has 0 fully saturated rings. The van der Waals surface area contributed by atoms with Crippen LogP contribution in [0, 0.1) is 0 Å². The van der Waals surface area contributed by atoms with E-state index in [0.29, 0.717) is 6.61 Å². The Kier molecular flexibility index (Phi) is 23.6. The van der Waals surface area contributed by atoms with Crippen molar-refractivity contribution < 1.29 is 24.9 Å². The molecule has 0 heterocycles. The fourth-order valence-electron chi connectivity index (χ4n) is 0.362. The normalized spacial score (nSPS) is 7.38. The Morgan fingerprint density at radius 1 is 1.06 bits per heavy atom. The van der Waals surface area contributed by atoms with Crippen molar-refractivity contribution >= 4 is 11.9 Å². The lowest BCUT2D eigenvalue weighted by molar-refractivity contribution is -0.132. The molecule has 94 valence electrons. The maximum atomic E-state index is 9.25. The fraction of sp³-hybridized carbons (Fsp3) is 0.455. The van der Waals surface area contributed by atoms with Crippen LogP contribution < -0.4 is 0 Å². The summed E-state index contributed by atoms with van der Waals surface area (Å²) in [6.45, 7) is 8.40. The third kappa shape index (κ3) is 55.4. The van der Waals surface area contributed by atoms with E-state index in [9.17, 15) is 9.59 Å². The molecular formula is C11H20O5. The number of aliphatic hydroxyl groups is 1. The molecule has 0 rings (SSSR count). The second-order valence-electron chi connectivity index (χ2n) is 2.52. The van der Waals surface area contributed by atoms with Gasteiger partial charge in [-0.25, -0.2) is 9.59 Å². The maximum absolute atomic E-state index is 9.25. The lowest BCUT2D eigenvalue weighted by atomic mass is 10.3. The minimum atomic E-state index is -0.981. The standard InChI is InChI=1S/C5H12O.2C3H4O2/c1-2-3-4-5-6;2*1-2-3(4)5/h6H,2-5H2,1H3;2*2H,1H2,(H,4,5). The Morgan fingerprint density at radius 2 is 1.38 bits per heavy atom. The third-order valence-electron chi connectivity index (χ3n) is 1.11. The molecule has 0 bridgehead atoms. The molecule has 3 N–H and O–H groups in total. The summed E-state index contributed by atoms with van der Waals surface area (Å²) in [7, 11) is 0. The molecule has 16 heavy (non-hydrogen) atoms. The van der Waals surface area contributed by atoms with Gasteiger partial charge in [0.15, 0.2) is 0 Å². The Hall–Kier alpha value is -1.62. The zero-order valence-electron chi connectivity index (χ0n) is 9.56. The number of unbranched alkanes of at least 4 members (excludes halogenated alkanes) is 2. The molecule has 0 amide bonds. The van der Waals surface area contributed by atoms with E-state index in [-0.39, 0.29) is 0 Å². The topological polar surface area (TPSA) is 94.8 Å². The van der Waals surface area contributed by atoms with Crippen molar-refractivity contribution in [3.8, 4) is 0 Å². The molecule has 0 atom stereocenters. The first kappa shape index (κ1) is 19.9. The van der Waals surface area contributed by atoms with Crippen LogP contribution in [0.1, 0.15) is 26.2 Å². The Balaban J connectivity index is -0.000000160. The van der Waals surface area contributed by atoms with Crippen molar-refractivity contribution in [1.82, 2.24) is 0 Å². The predicted molar refractivity (Wildman–Crippen MR) is 62.3 cm³/mol. The van der Waals surface area contributed by atoms with Crippen LogP contribution in [0.15, 0.2) is 25.3 Å². The molecule has 0 aliphatic carbocycles. The first-order valence-electron chi connectivity index (χ1n) is 4.77. The monoisotopic (exact) mass is 232 g/mol. The van der Waals surface area contributed by atoms with E-state index >= 15 is 0 Å². The van der Waals surface area contributed by atoms with Crippen molar-refractivity contribution in [2.45, 2.75) is 26.2 Å². The van der Waals surface area contributed by atoms with Gasteiger partial charge in [-0.3, -0.25) is 0 Å². The average Bonchev–Trinajstić information content (AvgIpc) is 2.27. The van der Waals surface area contributed by atoms with Crippen LogP contribution in [0.25, 0.3) is 0 Å². The third-order valence-corrected chi connectivity index (χ3v) is 1.11. The van der Waals surface area contributed by atoms with E-state index in [2.05, 4.69) is 20.1 Å². The van der Waals surface area contributed by atoms with Gasteiger partial charge >= 0.3 is 11.9 Å². The largest absolute Gasteiger partial charge is 0.478 e. The van der Waals surface area contributed by atoms with E-state index in [1.54, 1.807) is 0 Å². The minimum Gasteiger partial charge on any atom is -0.478 e. The van der Waals surface area contributed by atoms with Crippen LogP contribution >= 0.6 is 0 Å². The Bertz CT molecular complexity index is 177. The van der Waals surface area contributed by atoms with E-state index in [4.69, 9.17) is 15.3 Å². The van der Waals surface area contributed by atoms with Gasteiger partial charge in [-0.05, 0) is 6.42 Å². The van der Waals surface area contributed by atoms with Crippen molar-refractivity contribution in [3.05, 3.63) is 25.3 Å². The first-order valence-corrected chi connectivity index (χ1v) is 4.77. The van der Waals surface area contributed by atoms with Gasteiger partial charge in [0.1, 0.15) is 0 Å². The van der Waals surface area contributed by atoms with Crippen LogP contribution in [-0.4, -0.2) is 33.9 Å². The number of hydrogen-bond donors (Lipinski definition) is 3. The number of aliphatic carboxylic acids is 2. The number of aliphatic hydroxyl groups excluding tert-OH is 1. The van der Waals surface area contributed by atoms with Crippen LogP contribution in [0.4, 0.5) is 0 Å². The van der Waals surface area contributed by atoms with E-state index in [1.807, 2.05) is 0 Å². The lowest BCUT2D eigenvalue weighted by Gasteiger charge is -1.85. The molecule has 0 aromatic heterocycles. The summed E-state index contributed by atoms with van der Waals surface area (Å²) < 4.78 is 0. The number of carboxylic acids is 2. The smallest absolute Gasteiger partial charge is 0.327 e. The highest BCUT2D eigenvalue weighted by Gasteiger charge is 1.76. The van der Waals surface area contributed by atoms with Crippen molar-refractivity contribution in [3.63, 3.8) is 0 Å². The molecule has 0 aliphatic rings. The zero-order valence-corrected chi connectivity index (χ0v) is 9.56. The molecule has 0 aliphatic heterocycles. The second-order valence-corrected chi connectivity index (χ2v) is 2.52. The Morgan fingerprint density at radius 3 is 1.44 bits per heavy atom. The lowest BCUT2D eigenvalue weighted by Crippen LogP contribution is -1.82. The van der Waals surface area contributed by atoms with Gasteiger partial charge in [-0.15, -0.1) is 0 Å². The first-order chi connectivity index (χ1) is 7.45. The van der Waals surface area contributed by atoms with E-state index in [1.165, 1.54) is 6.42 Å². The molecule has 0 saturated carbocycles. The molecular weight excluding hydrogens is 212 g/mol. The van der Waals surface area contributed by atoms with E-state index in [0.717, 1.165) is 25.0 Å². The number of hydrogen-bond acceptors (Lipinski definition) is 3. The molecule has 0 aromatic carbocycles. The highest BCUT2D eigenvalue weighted by Crippen LogP contribution is 1.89. The average molecular weight is 232 g/mol. The molecule has 0 unspecified atom stereocenters. The van der Waals surface area contributed by atoms with Gasteiger partial charge in [-0.1, -0.05) is 32.9 Å². The quantitative estimate of drug-likeness (QED) is 0.495. The second kappa shape index (κ2) is 19.0. The van der Waals surface area contributed by atoms with Gasteiger partial charge in [0.25, 0.3) is 0 Å². The summed E-state index contributed by atoms with van der Waals surface area (Å²) in [5.74, 6) is -1.96. The summed E-state index contributed by atoms with van der Waals surface area (Å²) in [4.78, 5) is 18.5. The molecule has 5 nitrogen and oxygen atoms in total.